The van der Waals surface area contributed by atoms with E-state index in [0.29, 0.717) is 46.9 Å². The van der Waals surface area contributed by atoms with E-state index in [1.54, 1.807) is 12.1 Å². The Hall–Kier alpha value is -2.02. The van der Waals surface area contributed by atoms with Gasteiger partial charge in [0.25, 0.3) is 5.91 Å². The van der Waals surface area contributed by atoms with Crippen LogP contribution in [0.3, 0.4) is 0 Å². The monoisotopic (exact) mass is 406 g/mol. The fourth-order valence-electron chi connectivity index (χ4n) is 3.21. The first-order valence-electron chi connectivity index (χ1n) is 8.18. The predicted molar refractivity (Wildman–Crippen MR) is 109 cm³/mol. The number of carbonyl (C=O) groups excluding carboxylic acids is 1. The van der Waals surface area contributed by atoms with Gasteiger partial charge in [-0.3, -0.25) is 4.79 Å². The van der Waals surface area contributed by atoms with Gasteiger partial charge in [-0.1, -0.05) is 46.7 Å². The van der Waals surface area contributed by atoms with Crippen LogP contribution in [0.25, 0.3) is 10.2 Å². The van der Waals surface area contributed by atoms with Crippen LogP contribution in [0.5, 0.6) is 0 Å². The van der Waals surface area contributed by atoms with E-state index >= 15 is 0 Å². The highest BCUT2D eigenvalue weighted by atomic mass is 35.5. The van der Waals surface area contributed by atoms with Crippen molar-refractivity contribution in [1.82, 2.24) is 9.88 Å². The zero-order valence-corrected chi connectivity index (χ0v) is 16.1. The molecule has 2 aromatic carbocycles. The summed E-state index contributed by atoms with van der Waals surface area (Å²) in [4.78, 5) is 21.1. The molecule has 0 saturated carbocycles. The molecule has 1 aromatic heterocycles. The maximum Gasteiger partial charge on any atom is 0.255 e. The maximum absolute atomic E-state index is 12.7. The van der Waals surface area contributed by atoms with Gasteiger partial charge in [0.05, 0.1) is 26.0 Å². The number of thiazole rings is 1. The minimum Gasteiger partial charge on any atom is -0.375 e. The number of rotatable bonds is 2. The molecule has 5 nitrogen and oxygen atoms in total. The normalized spacial score (nSPS) is 14.8. The smallest absolute Gasteiger partial charge is 0.255 e. The van der Waals surface area contributed by atoms with Gasteiger partial charge >= 0.3 is 0 Å². The van der Waals surface area contributed by atoms with Crippen molar-refractivity contribution in [3.63, 3.8) is 0 Å². The number of nitrogens with zero attached hydrogens (tertiary/aromatic N) is 3. The molecule has 1 aliphatic heterocycles. The van der Waals surface area contributed by atoms with E-state index in [1.807, 2.05) is 29.2 Å². The highest BCUT2D eigenvalue weighted by Gasteiger charge is 2.26. The van der Waals surface area contributed by atoms with Gasteiger partial charge in [-0.15, -0.1) is 0 Å². The minimum atomic E-state index is -0.0440. The Balaban J connectivity index is 1.55. The maximum atomic E-state index is 12.7. The second kappa shape index (κ2) is 6.95. The Kier molecular flexibility index (Phi) is 4.65. The molecule has 0 bridgehead atoms. The van der Waals surface area contributed by atoms with E-state index in [-0.39, 0.29) is 5.91 Å². The number of amides is 1. The van der Waals surface area contributed by atoms with Gasteiger partial charge in [-0.2, -0.15) is 0 Å². The second-order valence-electron chi connectivity index (χ2n) is 6.05. The van der Waals surface area contributed by atoms with Gasteiger partial charge in [0.1, 0.15) is 5.52 Å². The standard InChI is InChI=1S/C18H16Cl2N4OS/c19-12-4-2-1-3-11(12)17(25)24-9-7-23(8-10-24)16-13(20)5-6-14-15(16)22-18(21)26-14/h1-6H,7-10H2,(H2,21,22). The largest absolute Gasteiger partial charge is 0.375 e. The molecule has 1 aliphatic rings. The van der Waals surface area contributed by atoms with Crippen molar-refractivity contribution in [2.45, 2.75) is 0 Å². The lowest BCUT2D eigenvalue weighted by Crippen LogP contribution is -2.49. The van der Waals surface area contributed by atoms with E-state index in [4.69, 9.17) is 28.9 Å². The number of hydrogen-bond donors (Lipinski definition) is 1. The van der Waals surface area contributed by atoms with E-state index in [9.17, 15) is 4.79 Å². The lowest BCUT2D eigenvalue weighted by molar-refractivity contribution is 0.0747. The van der Waals surface area contributed by atoms with Crippen LogP contribution >= 0.6 is 34.5 Å². The topological polar surface area (TPSA) is 62.5 Å². The van der Waals surface area contributed by atoms with E-state index in [2.05, 4.69) is 9.88 Å². The molecular weight excluding hydrogens is 391 g/mol. The van der Waals surface area contributed by atoms with Crippen molar-refractivity contribution in [3.8, 4) is 0 Å². The van der Waals surface area contributed by atoms with Crippen LogP contribution in [0.2, 0.25) is 10.0 Å². The van der Waals surface area contributed by atoms with Crippen LogP contribution in [-0.2, 0) is 0 Å². The van der Waals surface area contributed by atoms with Crippen LogP contribution in [0.15, 0.2) is 36.4 Å². The lowest BCUT2D eigenvalue weighted by Gasteiger charge is -2.36. The molecule has 8 heteroatoms. The Bertz CT molecular complexity index is 982. The lowest BCUT2D eigenvalue weighted by atomic mass is 10.1. The summed E-state index contributed by atoms with van der Waals surface area (Å²) in [5, 5.41) is 1.65. The third kappa shape index (κ3) is 3.09. The Morgan fingerprint density at radius 1 is 1.04 bits per heavy atom. The van der Waals surface area contributed by atoms with Crippen LogP contribution < -0.4 is 10.6 Å². The van der Waals surface area contributed by atoms with Crippen LogP contribution in [0.4, 0.5) is 10.8 Å². The zero-order valence-electron chi connectivity index (χ0n) is 13.8. The number of piperazine rings is 1. The first kappa shape index (κ1) is 17.4. The number of anilines is 2. The van der Waals surface area contributed by atoms with Gasteiger partial charge in [0, 0.05) is 26.2 Å². The fraction of sp³-hybridized carbons (Fsp3) is 0.222. The van der Waals surface area contributed by atoms with Crippen molar-refractivity contribution < 1.29 is 4.79 Å². The summed E-state index contributed by atoms with van der Waals surface area (Å²) < 4.78 is 1.01. The Morgan fingerprint density at radius 3 is 2.50 bits per heavy atom. The highest BCUT2D eigenvalue weighted by molar-refractivity contribution is 7.22. The molecule has 0 radical (unpaired) electrons. The van der Waals surface area contributed by atoms with E-state index < -0.39 is 0 Å². The Labute approximate surface area is 164 Å². The number of halogens is 2. The number of hydrogen-bond acceptors (Lipinski definition) is 5. The molecule has 1 fully saturated rings. The Morgan fingerprint density at radius 2 is 1.77 bits per heavy atom. The average Bonchev–Trinajstić information content (AvgIpc) is 3.02. The first-order chi connectivity index (χ1) is 12.5. The summed E-state index contributed by atoms with van der Waals surface area (Å²) in [6, 6.07) is 10.9. The number of aromatic nitrogens is 1. The molecule has 26 heavy (non-hydrogen) atoms. The van der Waals surface area contributed by atoms with Gasteiger partial charge in [0.15, 0.2) is 5.13 Å². The molecule has 3 aromatic rings. The molecule has 134 valence electrons. The predicted octanol–water partition coefficient (Wildman–Crippen LogP) is 4.15. The number of nitrogen functional groups attached to an aromatic ring is 1. The van der Waals surface area contributed by atoms with Gasteiger partial charge in [0.2, 0.25) is 0 Å². The van der Waals surface area contributed by atoms with E-state index in [0.717, 1.165) is 15.9 Å². The number of benzene rings is 2. The highest BCUT2D eigenvalue weighted by Crippen LogP contribution is 2.37. The number of fused-ring (bicyclic) bond motifs is 1. The fourth-order valence-corrected chi connectivity index (χ4v) is 4.44. The summed E-state index contributed by atoms with van der Waals surface area (Å²) in [6.45, 7) is 2.53. The zero-order chi connectivity index (χ0) is 18.3. The molecule has 0 aliphatic carbocycles. The summed E-state index contributed by atoms with van der Waals surface area (Å²) in [7, 11) is 0. The quantitative estimate of drug-likeness (QED) is 0.694. The SMILES string of the molecule is Nc1nc2c(N3CCN(C(=O)c4ccccc4Cl)CC3)c(Cl)ccc2s1. The molecule has 1 amide bonds. The van der Waals surface area contributed by atoms with Crippen molar-refractivity contribution >= 4 is 61.5 Å². The van der Waals surface area contributed by atoms with Gasteiger partial charge in [-0.25, -0.2) is 4.98 Å². The second-order valence-corrected chi connectivity index (χ2v) is 7.93. The summed E-state index contributed by atoms with van der Waals surface area (Å²) in [6.07, 6.45) is 0. The van der Waals surface area contributed by atoms with Crippen molar-refractivity contribution in [2.75, 3.05) is 36.8 Å². The average molecular weight is 407 g/mol. The van der Waals surface area contributed by atoms with Crippen LogP contribution in [0.1, 0.15) is 10.4 Å². The molecule has 0 atom stereocenters. The molecule has 0 spiro atoms. The third-order valence-electron chi connectivity index (χ3n) is 4.49. The van der Waals surface area contributed by atoms with Crippen molar-refractivity contribution in [3.05, 3.63) is 52.0 Å². The summed E-state index contributed by atoms with van der Waals surface area (Å²) in [5.41, 5.74) is 8.11. The molecule has 4 rings (SSSR count). The molecule has 0 unspecified atom stereocenters. The van der Waals surface area contributed by atoms with Gasteiger partial charge < -0.3 is 15.5 Å². The molecule has 2 heterocycles. The van der Waals surface area contributed by atoms with Crippen molar-refractivity contribution in [1.29, 1.82) is 0 Å². The van der Waals surface area contributed by atoms with Crippen LogP contribution in [-0.4, -0.2) is 42.0 Å². The first-order valence-corrected chi connectivity index (χ1v) is 9.75. The van der Waals surface area contributed by atoms with Crippen molar-refractivity contribution in [2.24, 2.45) is 0 Å². The van der Waals surface area contributed by atoms with Crippen LogP contribution in [0, 0.1) is 0 Å². The molecular formula is C18H16Cl2N4OS. The van der Waals surface area contributed by atoms with Gasteiger partial charge in [-0.05, 0) is 24.3 Å². The number of carbonyl (C=O) groups is 1. The summed E-state index contributed by atoms with van der Waals surface area (Å²) >= 11 is 14.0. The number of nitrogens with two attached hydrogens (primary N) is 1. The van der Waals surface area contributed by atoms with E-state index in [1.165, 1.54) is 11.3 Å². The molecule has 1 saturated heterocycles. The molecule has 2 N–H and O–H groups in total. The summed E-state index contributed by atoms with van der Waals surface area (Å²) in [5.74, 6) is -0.0440. The third-order valence-corrected chi connectivity index (χ3v) is 5.97. The minimum absolute atomic E-state index is 0.0440.